The smallest absolute Gasteiger partial charge is 0.269 e. The second-order valence-electron chi connectivity index (χ2n) is 6.21. The Bertz CT molecular complexity index is 865. The van der Waals surface area contributed by atoms with Gasteiger partial charge in [0, 0.05) is 33.8 Å². The summed E-state index contributed by atoms with van der Waals surface area (Å²) >= 11 is 3.46. The SMILES string of the molecule is O=[N+]([O-])c1ccc2c(c1)C1C=CCC1C(c1cc(Br)ccc1O)N2. The summed E-state index contributed by atoms with van der Waals surface area (Å²) < 4.78 is 0.911. The van der Waals surface area contributed by atoms with Crippen LogP contribution in [0.1, 0.15) is 29.5 Å². The molecule has 24 heavy (non-hydrogen) atoms. The van der Waals surface area contributed by atoms with E-state index in [0.29, 0.717) is 0 Å². The number of aromatic hydroxyl groups is 1. The van der Waals surface area contributed by atoms with Crippen molar-refractivity contribution in [3.05, 3.63) is 74.3 Å². The van der Waals surface area contributed by atoms with Crippen LogP contribution in [-0.2, 0) is 0 Å². The van der Waals surface area contributed by atoms with E-state index in [9.17, 15) is 15.2 Å². The van der Waals surface area contributed by atoms with Gasteiger partial charge in [-0.2, -0.15) is 0 Å². The van der Waals surface area contributed by atoms with Crippen molar-refractivity contribution in [3.8, 4) is 5.75 Å². The van der Waals surface area contributed by atoms with Crippen molar-refractivity contribution in [2.45, 2.75) is 18.4 Å². The molecule has 4 rings (SSSR count). The van der Waals surface area contributed by atoms with Crippen molar-refractivity contribution in [3.63, 3.8) is 0 Å². The lowest BCUT2D eigenvalue weighted by Crippen LogP contribution is -2.29. The summed E-state index contributed by atoms with van der Waals surface area (Å²) in [6, 6.07) is 10.3. The number of allylic oxidation sites excluding steroid dienone is 2. The summed E-state index contributed by atoms with van der Waals surface area (Å²) in [6.45, 7) is 0. The van der Waals surface area contributed by atoms with Crippen LogP contribution >= 0.6 is 15.9 Å². The Balaban J connectivity index is 1.81. The predicted octanol–water partition coefficient (Wildman–Crippen LogP) is 4.89. The number of nitrogens with one attached hydrogen (secondary N) is 1. The molecule has 1 aliphatic heterocycles. The molecule has 2 N–H and O–H groups in total. The van der Waals surface area contributed by atoms with E-state index in [-0.39, 0.29) is 34.2 Å². The molecule has 0 bridgehead atoms. The molecular weight excluding hydrogens is 372 g/mol. The highest BCUT2D eigenvalue weighted by molar-refractivity contribution is 9.10. The summed E-state index contributed by atoms with van der Waals surface area (Å²) in [4.78, 5) is 10.7. The Kier molecular flexibility index (Phi) is 3.57. The fraction of sp³-hybridized carbons (Fsp3) is 0.222. The maximum absolute atomic E-state index is 11.1. The normalized spacial score (nSPS) is 24.1. The van der Waals surface area contributed by atoms with E-state index >= 15 is 0 Å². The van der Waals surface area contributed by atoms with Gasteiger partial charge >= 0.3 is 0 Å². The fourth-order valence-corrected chi connectivity index (χ4v) is 4.16. The number of hydrogen-bond acceptors (Lipinski definition) is 4. The minimum absolute atomic E-state index is 0.0449. The van der Waals surface area contributed by atoms with Gasteiger partial charge in [0.1, 0.15) is 5.75 Å². The van der Waals surface area contributed by atoms with Crippen molar-refractivity contribution in [1.29, 1.82) is 0 Å². The van der Waals surface area contributed by atoms with Crippen molar-refractivity contribution >= 4 is 27.3 Å². The Labute approximate surface area is 147 Å². The molecule has 1 heterocycles. The van der Waals surface area contributed by atoms with Gasteiger partial charge in [0.15, 0.2) is 0 Å². The number of nitrogens with zero attached hydrogens (tertiary/aromatic N) is 1. The summed E-state index contributed by atoms with van der Waals surface area (Å²) in [5.41, 5.74) is 2.79. The topological polar surface area (TPSA) is 75.4 Å². The van der Waals surface area contributed by atoms with Crippen molar-refractivity contribution in [1.82, 2.24) is 0 Å². The van der Waals surface area contributed by atoms with Crippen LogP contribution in [0.3, 0.4) is 0 Å². The number of fused-ring (bicyclic) bond motifs is 3. The molecule has 0 radical (unpaired) electrons. The summed E-state index contributed by atoms with van der Waals surface area (Å²) in [5, 5.41) is 24.9. The third kappa shape index (κ3) is 2.38. The van der Waals surface area contributed by atoms with E-state index in [1.165, 1.54) is 6.07 Å². The molecule has 0 aromatic heterocycles. The number of anilines is 1. The first-order valence-corrected chi connectivity index (χ1v) is 8.54. The van der Waals surface area contributed by atoms with Gasteiger partial charge in [-0.05, 0) is 42.2 Å². The zero-order valence-electron chi connectivity index (χ0n) is 12.6. The van der Waals surface area contributed by atoms with Gasteiger partial charge in [0.2, 0.25) is 0 Å². The molecular formula is C18H15BrN2O3. The average molecular weight is 387 g/mol. The molecule has 2 aromatic carbocycles. The number of phenols is 1. The maximum Gasteiger partial charge on any atom is 0.269 e. The van der Waals surface area contributed by atoms with E-state index in [4.69, 9.17) is 0 Å². The number of halogens is 1. The van der Waals surface area contributed by atoms with E-state index < -0.39 is 0 Å². The molecule has 2 aromatic rings. The molecule has 0 amide bonds. The van der Waals surface area contributed by atoms with Gasteiger partial charge in [-0.25, -0.2) is 0 Å². The number of benzene rings is 2. The number of non-ortho nitro benzene ring substituents is 1. The minimum atomic E-state index is -0.361. The third-order valence-corrected chi connectivity index (χ3v) is 5.38. The highest BCUT2D eigenvalue weighted by atomic mass is 79.9. The Morgan fingerprint density at radius 1 is 1.21 bits per heavy atom. The van der Waals surface area contributed by atoms with E-state index in [2.05, 4.69) is 33.4 Å². The summed E-state index contributed by atoms with van der Waals surface area (Å²) in [7, 11) is 0. The minimum Gasteiger partial charge on any atom is -0.508 e. The molecule has 6 heteroatoms. The number of nitro benzene ring substituents is 1. The first kappa shape index (κ1) is 15.2. The van der Waals surface area contributed by atoms with Gasteiger partial charge in [0.25, 0.3) is 5.69 Å². The molecule has 2 aliphatic rings. The van der Waals surface area contributed by atoms with Gasteiger partial charge < -0.3 is 10.4 Å². The van der Waals surface area contributed by atoms with Crippen molar-refractivity contribution < 1.29 is 10.0 Å². The molecule has 0 fully saturated rings. The number of phenolic OH excluding ortho intramolecular Hbond substituents is 1. The fourth-order valence-electron chi connectivity index (χ4n) is 3.78. The quantitative estimate of drug-likeness (QED) is 0.437. The molecule has 0 saturated carbocycles. The van der Waals surface area contributed by atoms with Crippen molar-refractivity contribution in [2.24, 2.45) is 5.92 Å². The van der Waals surface area contributed by atoms with Crippen LogP contribution < -0.4 is 5.32 Å². The number of nitro groups is 1. The van der Waals surface area contributed by atoms with Gasteiger partial charge in [0.05, 0.1) is 11.0 Å². The lowest BCUT2D eigenvalue weighted by atomic mass is 9.76. The van der Waals surface area contributed by atoms with Crippen LogP contribution in [0.5, 0.6) is 5.75 Å². The van der Waals surface area contributed by atoms with Crippen molar-refractivity contribution in [2.75, 3.05) is 5.32 Å². The first-order chi connectivity index (χ1) is 11.5. The van der Waals surface area contributed by atoms with E-state index in [1.54, 1.807) is 18.2 Å². The third-order valence-electron chi connectivity index (χ3n) is 4.88. The van der Waals surface area contributed by atoms with Crippen LogP contribution in [0.4, 0.5) is 11.4 Å². The Morgan fingerprint density at radius 3 is 2.83 bits per heavy atom. The predicted molar refractivity (Wildman–Crippen MR) is 95.3 cm³/mol. The van der Waals surface area contributed by atoms with Crippen LogP contribution in [0.2, 0.25) is 0 Å². The highest BCUT2D eigenvalue weighted by Crippen LogP contribution is 2.51. The lowest BCUT2D eigenvalue weighted by molar-refractivity contribution is -0.384. The van der Waals surface area contributed by atoms with Crippen LogP contribution in [0.15, 0.2) is 53.0 Å². The molecule has 1 aliphatic carbocycles. The molecule has 3 atom stereocenters. The molecule has 3 unspecified atom stereocenters. The second kappa shape index (κ2) is 5.63. The maximum atomic E-state index is 11.1. The molecule has 0 saturated heterocycles. The average Bonchev–Trinajstić information content (AvgIpc) is 3.06. The zero-order valence-corrected chi connectivity index (χ0v) is 14.2. The van der Waals surface area contributed by atoms with E-state index in [1.807, 2.05) is 12.1 Å². The monoisotopic (exact) mass is 386 g/mol. The lowest BCUT2D eigenvalue weighted by Gasteiger charge is -2.37. The first-order valence-electron chi connectivity index (χ1n) is 7.74. The van der Waals surface area contributed by atoms with Gasteiger partial charge in [-0.15, -0.1) is 0 Å². The largest absolute Gasteiger partial charge is 0.508 e. The molecule has 0 spiro atoms. The Morgan fingerprint density at radius 2 is 2.04 bits per heavy atom. The molecule has 5 nitrogen and oxygen atoms in total. The molecule has 122 valence electrons. The Hall–Kier alpha value is -2.34. The summed E-state index contributed by atoms with van der Waals surface area (Å²) in [5.74, 6) is 0.593. The number of rotatable bonds is 2. The van der Waals surface area contributed by atoms with Gasteiger partial charge in [-0.1, -0.05) is 28.1 Å². The summed E-state index contributed by atoms with van der Waals surface area (Å²) in [6.07, 6.45) is 5.11. The number of hydrogen-bond donors (Lipinski definition) is 2. The highest BCUT2D eigenvalue weighted by Gasteiger charge is 2.39. The van der Waals surface area contributed by atoms with Crippen LogP contribution in [0.25, 0.3) is 0 Å². The second-order valence-corrected chi connectivity index (χ2v) is 7.12. The van der Waals surface area contributed by atoms with Crippen LogP contribution in [-0.4, -0.2) is 10.0 Å². The standard InChI is InChI=1S/C18H15BrN2O3/c19-10-4-7-17(22)15(8-10)18-13-3-1-2-12(13)14-9-11(21(23)24)5-6-16(14)20-18/h1-2,4-9,12-13,18,20,22H,3H2. The zero-order chi connectivity index (χ0) is 16.8. The van der Waals surface area contributed by atoms with Gasteiger partial charge in [-0.3, -0.25) is 10.1 Å². The van der Waals surface area contributed by atoms with E-state index in [0.717, 1.165) is 27.7 Å². The van der Waals surface area contributed by atoms with Crippen LogP contribution in [0, 0.1) is 16.0 Å².